The van der Waals surface area contributed by atoms with Crippen molar-refractivity contribution in [3.63, 3.8) is 0 Å². The molecular formula is C47H53N3O3. The molecule has 0 radical (unpaired) electrons. The Labute approximate surface area is 316 Å². The van der Waals surface area contributed by atoms with Crippen molar-refractivity contribution >= 4 is 28.4 Å². The molecule has 5 rings (SSSR count). The fraction of sp³-hybridized carbons (Fsp3) is 0.362. The molecule has 5 aromatic rings. The molecule has 0 saturated carbocycles. The van der Waals surface area contributed by atoms with E-state index in [0.717, 1.165) is 63.0 Å². The fourth-order valence-corrected chi connectivity index (χ4v) is 6.12. The van der Waals surface area contributed by atoms with Crippen LogP contribution in [0.1, 0.15) is 108 Å². The molecule has 53 heavy (non-hydrogen) atoms. The highest BCUT2D eigenvalue weighted by atomic mass is 16.5. The molecule has 6 nitrogen and oxygen atoms in total. The number of carbonyl (C=O) groups excluding carboxylic acids is 1. The normalized spacial score (nSPS) is 10.7. The lowest BCUT2D eigenvalue weighted by Gasteiger charge is -2.24. The summed E-state index contributed by atoms with van der Waals surface area (Å²) in [6.45, 7) is 14.5. The van der Waals surface area contributed by atoms with Crippen molar-refractivity contribution < 1.29 is 13.9 Å². The molecule has 274 valence electrons. The summed E-state index contributed by atoms with van der Waals surface area (Å²) in [6.07, 6.45) is 9.33. The Balaban J connectivity index is 1.53. The number of rotatable bonds is 16. The van der Waals surface area contributed by atoms with Crippen LogP contribution in [0.25, 0.3) is 22.6 Å². The molecule has 0 unspecified atom stereocenters. The Morgan fingerprint density at radius 2 is 1.13 bits per heavy atom. The Kier molecular flexibility index (Phi) is 14.6. The number of esters is 1. The van der Waals surface area contributed by atoms with Gasteiger partial charge in [-0.25, -0.2) is 4.98 Å². The fourth-order valence-electron chi connectivity index (χ4n) is 6.12. The van der Waals surface area contributed by atoms with Gasteiger partial charge in [-0.2, -0.15) is 0 Å². The van der Waals surface area contributed by atoms with E-state index in [0.29, 0.717) is 39.4 Å². The van der Waals surface area contributed by atoms with Gasteiger partial charge in [0, 0.05) is 61.2 Å². The van der Waals surface area contributed by atoms with Crippen molar-refractivity contribution in [1.82, 2.24) is 4.98 Å². The summed E-state index contributed by atoms with van der Waals surface area (Å²) in [5, 5.41) is 0. The van der Waals surface area contributed by atoms with E-state index in [4.69, 9.17) is 14.1 Å². The summed E-state index contributed by atoms with van der Waals surface area (Å²) in [5.41, 5.74) is 7.29. The van der Waals surface area contributed by atoms with Gasteiger partial charge >= 0.3 is 5.97 Å². The SMILES string of the molecule is CCCCN(CCCC)c1ccc(C#Cc2cc(C#Cc3ccc(N(CCCC)CCCC)cc3)c(OC(C)=O)c(-c3nc4ccccc4o3)c2)cc1. The van der Waals surface area contributed by atoms with Gasteiger partial charge in [-0.3, -0.25) is 4.79 Å². The van der Waals surface area contributed by atoms with Crippen LogP contribution < -0.4 is 14.5 Å². The van der Waals surface area contributed by atoms with Gasteiger partial charge in [0.2, 0.25) is 5.89 Å². The highest BCUT2D eigenvalue weighted by Gasteiger charge is 2.20. The summed E-state index contributed by atoms with van der Waals surface area (Å²) >= 11 is 0. The molecule has 0 spiro atoms. The molecule has 0 aliphatic rings. The van der Waals surface area contributed by atoms with Crippen molar-refractivity contribution in [2.45, 2.75) is 86.0 Å². The van der Waals surface area contributed by atoms with E-state index in [1.807, 2.05) is 36.4 Å². The maximum atomic E-state index is 12.5. The number of aromatic nitrogens is 1. The number of carbonyl (C=O) groups is 1. The lowest BCUT2D eigenvalue weighted by atomic mass is 10.0. The average Bonchev–Trinajstić information content (AvgIpc) is 3.62. The predicted molar refractivity (Wildman–Crippen MR) is 220 cm³/mol. The maximum absolute atomic E-state index is 12.5. The molecule has 6 heteroatoms. The quantitative estimate of drug-likeness (QED) is 0.0578. The first kappa shape index (κ1) is 38.8. The highest BCUT2D eigenvalue weighted by Crippen LogP contribution is 2.36. The number of fused-ring (bicyclic) bond motifs is 1. The number of hydrogen-bond donors (Lipinski definition) is 0. The van der Waals surface area contributed by atoms with Crippen LogP contribution in [0.3, 0.4) is 0 Å². The van der Waals surface area contributed by atoms with E-state index in [1.54, 1.807) is 0 Å². The number of benzene rings is 4. The van der Waals surface area contributed by atoms with E-state index >= 15 is 0 Å². The standard InChI is InChI=1S/C47H53N3O3/c1-6-10-30-49(31-11-7-2)41-26-21-37(22-27-41)18-19-39-34-40(25-20-38-23-28-42(29-24-38)50(32-12-8-3)33-13-9-4)46(52-36(5)51)43(35-39)47-48-44-16-14-15-17-45(44)53-47/h14-17,21-24,26-29,34-35H,6-13,30-33H2,1-5H3. The lowest BCUT2D eigenvalue weighted by molar-refractivity contribution is -0.131. The van der Waals surface area contributed by atoms with E-state index in [9.17, 15) is 4.79 Å². The summed E-state index contributed by atoms with van der Waals surface area (Å²) in [4.78, 5) is 22.1. The van der Waals surface area contributed by atoms with Gasteiger partial charge in [0.05, 0.1) is 11.1 Å². The monoisotopic (exact) mass is 707 g/mol. The van der Waals surface area contributed by atoms with Crippen LogP contribution in [-0.2, 0) is 4.79 Å². The number of nitrogens with zero attached hydrogens (tertiary/aromatic N) is 3. The molecule has 0 aliphatic carbocycles. The van der Waals surface area contributed by atoms with Gasteiger partial charge < -0.3 is 19.0 Å². The number of hydrogen-bond acceptors (Lipinski definition) is 6. The maximum Gasteiger partial charge on any atom is 0.308 e. The summed E-state index contributed by atoms with van der Waals surface area (Å²) in [7, 11) is 0. The Hall–Kier alpha value is -5.46. The van der Waals surface area contributed by atoms with Crippen LogP contribution in [0.4, 0.5) is 11.4 Å². The molecule has 0 aliphatic heterocycles. The largest absolute Gasteiger partial charge is 0.436 e. The Morgan fingerprint density at radius 3 is 1.62 bits per heavy atom. The number of unbranched alkanes of at least 4 members (excludes halogenated alkanes) is 4. The van der Waals surface area contributed by atoms with Crippen molar-refractivity contribution in [2.75, 3.05) is 36.0 Å². The van der Waals surface area contributed by atoms with Gasteiger partial charge in [-0.05, 0) is 98.5 Å². The highest BCUT2D eigenvalue weighted by molar-refractivity contribution is 5.82. The zero-order chi connectivity index (χ0) is 37.4. The first-order chi connectivity index (χ1) is 25.9. The summed E-state index contributed by atoms with van der Waals surface area (Å²) in [6, 6.07) is 28.2. The molecule has 0 atom stereocenters. The smallest absolute Gasteiger partial charge is 0.308 e. The van der Waals surface area contributed by atoms with Gasteiger partial charge in [0.25, 0.3) is 0 Å². The first-order valence-corrected chi connectivity index (χ1v) is 19.4. The van der Waals surface area contributed by atoms with Crippen molar-refractivity contribution in [3.8, 4) is 40.9 Å². The van der Waals surface area contributed by atoms with E-state index < -0.39 is 5.97 Å². The zero-order valence-corrected chi connectivity index (χ0v) is 32.1. The topological polar surface area (TPSA) is 58.8 Å². The van der Waals surface area contributed by atoms with E-state index in [-0.39, 0.29) is 0 Å². The average molecular weight is 708 g/mol. The molecule has 4 aromatic carbocycles. The second kappa shape index (κ2) is 20.0. The van der Waals surface area contributed by atoms with Crippen molar-refractivity contribution in [3.05, 3.63) is 107 Å². The van der Waals surface area contributed by atoms with Crippen LogP contribution in [0.15, 0.2) is 89.3 Å². The van der Waals surface area contributed by atoms with Crippen molar-refractivity contribution in [1.29, 1.82) is 0 Å². The third kappa shape index (κ3) is 11.0. The minimum absolute atomic E-state index is 0.299. The number of oxazole rings is 1. The van der Waals surface area contributed by atoms with Gasteiger partial charge in [0.15, 0.2) is 11.3 Å². The summed E-state index contributed by atoms with van der Waals surface area (Å²) in [5.74, 6) is 13.5. The lowest BCUT2D eigenvalue weighted by Crippen LogP contribution is -2.25. The Morgan fingerprint density at radius 1 is 0.642 bits per heavy atom. The molecule has 0 amide bonds. The van der Waals surface area contributed by atoms with Gasteiger partial charge in [-0.1, -0.05) is 89.2 Å². The molecule has 0 N–H and O–H groups in total. The van der Waals surface area contributed by atoms with Crippen LogP contribution in [0, 0.1) is 23.7 Å². The molecule has 1 aromatic heterocycles. The zero-order valence-electron chi connectivity index (χ0n) is 32.1. The van der Waals surface area contributed by atoms with Crippen LogP contribution in [0.5, 0.6) is 5.75 Å². The van der Waals surface area contributed by atoms with Crippen LogP contribution in [-0.4, -0.2) is 37.1 Å². The predicted octanol–water partition coefficient (Wildman–Crippen LogP) is 11.0. The third-order valence-electron chi connectivity index (χ3n) is 9.14. The third-order valence-corrected chi connectivity index (χ3v) is 9.14. The Bertz CT molecular complexity index is 2010. The minimum Gasteiger partial charge on any atom is -0.436 e. The first-order valence-electron chi connectivity index (χ1n) is 19.4. The molecule has 0 saturated heterocycles. The number of para-hydroxylation sites is 2. The van der Waals surface area contributed by atoms with Crippen molar-refractivity contribution in [2.24, 2.45) is 0 Å². The number of ether oxygens (including phenoxy) is 1. The molecule has 0 bridgehead atoms. The van der Waals surface area contributed by atoms with Gasteiger partial charge in [-0.15, -0.1) is 0 Å². The number of anilines is 2. The molecule has 1 heterocycles. The molecule has 0 fully saturated rings. The van der Waals surface area contributed by atoms with E-state index in [1.165, 1.54) is 44.0 Å². The van der Waals surface area contributed by atoms with Gasteiger partial charge in [0.1, 0.15) is 5.52 Å². The second-order valence-electron chi connectivity index (χ2n) is 13.5. The molecular weight excluding hydrogens is 655 g/mol. The minimum atomic E-state index is -0.458. The summed E-state index contributed by atoms with van der Waals surface area (Å²) < 4.78 is 12.0. The van der Waals surface area contributed by atoms with Crippen LogP contribution >= 0.6 is 0 Å². The van der Waals surface area contributed by atoms with E-state index in [2.05, 4.69) is 110 Å². The van der Waals surface area contributed by atoms with Crippen LogP contribution in [0.2, 0.25) is 0 Å². The second-order valence-corrected chi connectivity index (χ2v) is 13.5.